The predicted octanol–water partition coefficient (Wildman–Crippen LogP) is 4.54. The molecule has 0 saturated heterocycles. The van der Waals surface area contributed by atoms with Crippen molar-refractivity contribution >= 4 is 26.0 Å². The van der Waals surface area contributed by atoms with Crippen LogP contribution < -0.4 is 4.18 Å². The van der Waals surface area contributed by atoms with Crippen LogP contribution in [0.25, 0.3) is 0 Å². The fourth-order valence-electron chi connectivity index (χ4n) is 1.67. The third kappa shape index (κ3) is 3.80. The van der Waals surface area contributed by atoms with Crippen molar-refractivity contribution in [2.75, 3.05) is 0 Å². The van der Waals surface area contributed by atoms with Gasteiger partial charge in [-0.05, 0) is 58.7 Å². The molecule has 0 heterocycles. The lowest BCUT2D eigenvalue weighted by molar-refractivity contribution is -0.137. The number of rotatable bonds is 3. The second-order valence-corrected chi connectivity index (χ2v) is 6.90. The Hall–Kier alpha value is -1.54. The Bertz CT molecular complexity index is 801. The van der Waals surface area contributed by atoms with Gasteiger partial charge < -0.3 is 4.18 Å². The monoisotopic (exact) mass is 394 g/mol. The van der Waals surface area contributed by atoms with Crippen molar-refractivity contribution in [1.82, 2.24) is 0 Å². The first-order chi connectivity index (χ1) is 10.1. The molecule has 0 unspecified atom stereocenters. The van der Waals surface area contributed by atoms with Gasteiger partial charge in [0.25, 0.3) is 0 Å². The molecule has 118 valence electrons. The van der Waals surface area contributed by atoms with Crippen molar-refractivity contribution in [3.63, 3.8) is 0 Å². The van der Waals surface area contributed by atoms with Gasteiger partial charge in [-0.3, -0.25) is 0 Å². The summed E-state index contributed by atoms with van der Waals surface area (Å²) >= 11 is 3.15. The number of alkyl halides is 3. The third-order valence-corrected chi connectivity index (χ3v) is 4.59. The summed E-state index contributed by atoms with van der Waals surface area (Å²) in [4.78, 5) is -0.560. The van der Waals surface area contributed by atoms with Gasteiger partial charge in [0.05, 0.1) is 10.0 Å². The van der Waals surface area contributed by atoms with E-state index in [4.69, 9.17) is 4.18 Å². The quantitative estimate of drug-likeness (QED) is 0.717. The molecular weight excluding hydrogens is 385 g/mol. The maximum atomic E-state index is 12.6. The molecule has 0 radical (unpaired) electrons. The zero-order chi connectivity index (χ0) is 16.5. The summed E-state index contributed by atoms with van der Waals surface area (Å²) in [6, 6.07) is 8.08. The van der Waals surface area contributed by atoms with Gasteiger partial charge in [0.2, 0.25) is 0 Å². The van der Waals surface area contributed by atoms with Crippen LogP contribution in [0, 0.1) is 6.92 Å². The van der Waals surface area contributed by atoms with Crippen LogP contribution in [0.4, 0.5) is 13.2 Å². The normalized spacial score (nSPS) is 12.2. The topological polar surface area (TPSA) is 43.4 Å². The molecular formula is C14H10BrF3O3S. The average Bonchev–Trinajstić information content (AvgIpc) is 2.41. The highest BCUT2D eigenvalue weighted by atomic mass is 79.9. The van der Waals surface area contributed by atoms with Gasteiger partial charge >= 0.3 is 16.3 Å². The van der Waals surface area contributed by atoms with Gasteiger partial charge in [0.15, 0.2) is 5.75 Å². The molecule has 0 bridgehead atoms. The van der Waals surface area contributed by atoms with Crippen molar-refractivity contribution < 1.29 is 25.8 Å². The largest absolute Gasteiger partial charge is 0.416 e. The maximum Gasteiger partial charge on any atom is 0.416 e. The molecule has 2 aromatic rings. The standard InChI is InChI=1S/C14H10BrF3O3S/c1-9-5-6-13(12(15)7-9)21-22(19,20)11-4-2-3-10(8-11)14(16,17)18/h2-8H,1H3. The molecule has 0 N–H and O–H groups in total. The average molecular weight is 395 g/mol. The number of hydrogen-bond donors (Lipinski definition) is 0. The molecule has 0 aliphatic rings. The van der Waals surface area contributed by atoms with Crippen LogP contribution >= 0.6 is 15.9 Å². The molecule has 0 aliphatic heterocycles. The van der Waals surface area contributed by atoms with Crippen LogP contribution in [0.2, 0.25) is 0 Å². The van der Waals surface area contributed by atoms with Gasteiger partial charge in [0.1, 0.15) is 4.90 Å². The van der Waals surface area contributed by atoms with Crippen molar-refractivity contribution in [1.29, 1.82) is 0 Å². The van der Waals surface area contributed by atoms with E-state index in [1.807, 2.05) is 0 Å². The van der Waals surface area contributed by atoms with Gasteiger partial charge in [-0.2, -0.15) is 21.6 Å². The van der Waals surface area contributed by atoms with Crippen LogP contribution in [0.3, 0.4) is 0 Å². The van der Waals surface area contributed by atoms with Crippen molar-refractivity contribution in [3.05, 3.63) is 58.1 Å². The fraction of sp³-hybridized carbons (Fsp3) is 0.143. The summed E-state index contributed by atoms with van der Waals surface area (Å²) in [6.45, 7) is 1.80. The number of benzene rings is 2. The molecule has 2 rings (SSSR count). The Morgan fingerprint density at radius 2 is 1.77 bits per heavy atom. The molecule has 0 aromatic heterocycles. The molecule has 0 spiro atoms. The van der Waals surface area contributed by atoms with Crippen LogP contribution in [-0.2, 0) is 16.3 Å². The predicted molar refractivity (Wildman–Crippen MR) is 78.1 cm³/mol. The van der Waals surface area contributed by atoms with E-state index in [2.05, 4.69) is 15.9 Å². The van der Waals surface area contributed by atoms with E-state index in [9.17, 15) is 21.6 Å². The van der Waals surface area contributed by atoms with Gasteiger partial charge in [-0.15, -0.1) is 0 Å². The lowest BCUT2D eigenvalue weighted by atomic mass is 10.2. The van der Waals surface area contributed by atoms with Crippen LogP contribution in [0.1, 0.15) is 11.1 Å². The number of aryl methyl sites for hydroxylation is 1. The number of hydrogen-bond acceptors (Lipinski definition) is 3. The summed E-state index contributed by atoms with van der Waals surface area (Å²) in [5, 5.41) is 0. The molecule has 8 heteroatoms. The molecule has 0 fully saturated rings. The molecule has 22 heavy (non-hydrogen) atoms. The zero-order valence-electron chi connectivity index (χ0n) is 11.2. The first kappa shape index (κ1) is 16.8. The van der Waals surface area contributed by atoms with Crippen molar-refractivity contribution in [2.24, 2.45) is 0 Å². The maximum absolute atomic E-state index is 12.6. The lowest BCUT2D eigenvalue weighted by Crippen LogP contribution is -2.12. The Morgan fingerprint density at radius 3 is 2.36 bits per heavy atom. The zero-order valence-corrected chi connectivity index (χ0v) is 13.6. The highest BCUT2D eigenvalue weighted by Crippen LogP contribution is 2.32. The van der Waals surface area contributed by atoms with E-state index < -0.39 is 26.8 Å². The van der Waals surface area contributed by atoms with Crippen LogP contribution in [0.5, 0.6) is 5.75 Å². The summed E-state index contributed by atoms with van der Waals surface area (Å²) in [6.07, 6.45) is -4.63. The van der Waals surface area contributed by atoms with Crippen LogP contribution in [-0.4, -0.2) is 8.42 Å². The summed E-state index contributed by atoms with van der Waals surface area (Å²) < 4.78 is 67.5. The van der Waals surface area contributed by atoms with E-state index in [1.165, 1.54) is 6.07 Å². The van der Waals surface area contributed by atoms with Gasteiger partial charge in [-0.1, -0.05) is 12.1 Å². The van der Waals surface area contributed by atoms with Crippen LogP contribution in [0.15, 0.2) is 51.8 Å². The molecule has 0 aliphatic carbocycles. The molecule has 0 saturated carbocycles. The van der Waals surface area contributed by atoms with Gasteiger partial charge in [0, 0.05) is 0 Å². The minimum atomic E-state index is -4.63. The van der Waals surface area contributed by atoms with Crippen molar-refractivity contribution in [2.45, 2.75) is 18.0 Å². The first-order valence-corrected chi connectivity index (χ1v) is 8.17. The Labute approximate surface area is 134 Å². The minimum Gasteiger partial charge on any atom is -0.378 e. The fourth-order valence-corrected chi connectivity index (χ4v) is 3.34. The first-order valence-electron chi connectivity index (χ1n) is 5.97. The van der Waals surface area contributed by atoms with Crippen molar-refractivity contribution in [3.8, 4) is 5.75 Å². The minimum absolute atomic E-state index is 0.00279. The van der Waals surface area contributed by atoms with E-state index in [-0.39, 0.29) is 5.75 Å². The highest BCUT2D eigenvalue weighted by molar-refractivity contribution is 9.10. The third-order valence-electron chi connectivity index (χ3n) is 2.74. The molecule has 0 atom stereocenters. The second-order valence-electron chi connectivity index (χ2n) is 4.50. The van der Waals surface area contributed by atoms with E-state index in [0.717, 1.165) is 23.8 Å². The number of halogens is 4. The summed E-state index contributed by atoms with van der Waals surface area (Å²) in [5.74, 6) is 0.00279. The summed E-state index contributed by atoms with van der Waals surface area (Å²) in [5.41, 5.74) is -0.184. The lowest BCUT2D eigenvalue weighted by Gasteiger charge is -2.11. The van der Waals surface area contributed by atoms with E-state index >= 15 is 0 Å². The highest BCUT2D eigenvalue weighted by Gasteiger charge is 2.32. The van der Waals surface area contributed by atoms with Gasteiger partial charge in [-0.25, -0.2) is 0 Å². The van der Waals surface area contributed by atoms with E-state index in [1.54, 1.807) is 19.1 Å². The molecule has 3 nitrogen and oxygen atoms in total. The van der Waals surface area contributed by atoms with E-state index in [0.29, 0.717) is 10.5 Å². The summed E-state index contributed by atoms with van der Waals surface area (Å²) in [7, 11) is -4.36. The Morgan fingerprint density at radius 1 is 1.09 bits per heavy atom. The molecule has 2 aromatic carbocycles. The second kappa shape index (κ2) is 5.92. The smallest absolute Gasteiger partial charge is 0.378 e. The SMILES string of the molecule is Cc1ccc(OS(=O)(=O)c2cccc(C(F)(F)F)c2)c(Br)c1. The Balaban J connectivity index is 2.39. The Kier molecular flexibility index (Phi) is 4.53. The molecule has 0 amide bonds.